The molecule has 0 bridgehead atoms. The summed E-state index contributed by atoms with van der Waals surface area (Å²) in [6, 6.07) is 2.31. The lowest BCUT2D eigenvalue weighted by Crippen LogP contribution is -2.32. The molecule has 1 aliphatic heterocycles. The molecule has 0 atom stereocenters. The molecule has 6 heteroatoms. The lowest BCUT2D eigenvalue weighted by molar-refractivity contribution is -0.114. The van der Waals surface area contributed by atoms with Crippen molar-refractivity contribution in [1.82, 2.24) is 0 Å². The first-order chi connectivity index (χ1) is 9.06. The van der Waals surface area contributed by atoms with Gasteiger partial charge in [-0.2, -0.15) is 0 Å². The van der Waals surface area contributed by atoms with Crippen LogP contribution in [0.15, 0.2) is 12.1 Å². The molecule has 4 nitrogen and oxygen atoms in total. The van der Waals surface area contributed by atoms with E-state index in [1.165, 1.54) is 11.0 Å². The van der Waals surface area contributed by atoms with E-state index in [4.69, 9.17) is 16.3 Å². The molecule has 2 rings (SSSR count). The number of anilines is 1. The third-order valence-electron chi connectivity index (χ3n) is 2.82. The highest BCUT2D eigenvalue weighted by Crippen LogP contribution is 2.32. The molecule has 19 heavy (non-hydrogen) atoms. The van der Waals surface area contributed by atoms with Crippen LogP contribution in [-0.4, -0.2) is 31.4 Å². The predicted molar refractivity (Wildman–Crippen MR) is 69.2 cm³/mol. The van der Waals surface area contributed by atoms with E-state index in [1.807, 2.05) is 6.92 Å². The fourth-order valence-corrected chi connectivity index (χ4v) is 2.08. The van der Waals surface area contributed by atoms with Crippen LogP contribution < -0.4 is 4.90 Å². The fourth-order valence-electron chi connectivity index (χ4n) is 1.91. The van der Waals surface area contributed by atoms with Gasteiger partial charge >= 0.3 is 0 Å². The van der Waals surface area contributed by atoms with Crippen LogP contribution in [0, 0.1) is 5.82 Å². The van der Waals surface area contributed by atoms with Crippen LogP contribution in [0.25, 0.3) is 0 Å². The lowest BCUT2D eigenvalue weighted by atomic mass is 10.1. The van der Waals surface area contributed by atoms with E-state index in [1.54, 1.807) is 0 Å². The van der Waals surface area contributed by atoms with Gasteiger partial charge in [0.05, 0.1) is 22.9 Å². The summed E-state index contributed by atoms with van der Waals surface area (Å²) in [5.41, 5.74) is 0.406. The number of carbonyl (C=O) groups excluding carboxylic acids is 2. The summed E-state index contributed by atoms with van der Waals surface area (Å²) in [5, 5.41) is -0.163. The molecular formula is C13H13ClFNO3. The maximum atomic E-state index is 13.4. The molecule has 1 aromatic carbocycles. The van der Waals surface area contributed by atoms with Gasteiger partial charge in [0.15, 0.2) is 0 Å². The standard InChI is InChI=1S/C13H13ClFNO3/c1-2-4-19-5-3-16-11-7-10(15)9(14)6-8(11)12(17)13(16)18/h6-7H,2-5H2,1H3. The van der Waals surface area contributed by atoms with E-state index < -0.39 is 17.5 Å². The number of benzene rings is 1. The molecule has 1 aromatic rings. The molecule has 0 fully saturated rings. The van der Waals surface area contributed by atoms with Crippen molar-refractivity contribution in [2.45, 2.75) is 13.3 Å². The molecule has 0 aromatic heterocycles. The quantitative estimate of drug-likeness (QED) is 0.617. The highest BCUT2D eigenvalue weighted by Gasteiger charge is 2.36. The number of rotatable bonds is 5. The Hall–Kier alpha value is -1.46. The molecule has 0 N–H and O–H groups in total. The minimum Gasteiger partial charge on any atom is -0.380 e. The van der Waals surface area contributed by atoms with Gasteiger partial charge in [-0.25, -0.2) is 4.39 Å². The van der Waals surface area contributed by atoms with Crippen molar-refractivity contribution < 1.29 is 18.7 Å². The number of carbonyl (C=O) groups is 2. The third kappa shape index (κ3) is 2.62. The van der Waals surface area contributed by atoms with Gasteiger partial charge in [-0.3, -0.25) is 9.59 Å². The number of hydrogen-bond acceptors (Lipinski definition) is 3. The van der Waals surface area contributed by atoms with Crippen molar-refractivity contribution in [3.8, 4) is 0 Å². The zero-order valence-corrected chi connectivity index (χ0v) is 11.2. The fraction of sp³-hybridized carbons (Fsp3) is 0.385. The Morgan fingerprint density at radius 2 is 2.05 bits per heavy atom. The highest BCUT2D eigenvalue weighted by atomic mass is 35.5. The Bertz CT molecular complexity index is 533. The second-order valence-electron chi connectivity index (χ2n) is 4.18. The summed E-state index contributed by atoms with van der Waals surface area (Å²) in [5.74, 6) is -1.98. The van der Waals surface area contributed by atoms with Gasteiger partial charge in [0, 0.05) is 13.2 Å². The smallest absolute Gasteiger partial charge is 0.299 e. The number of nitrogens with zero attached hydrogens (tertiary/aromatic N) is 1. The van der Waals surface area contributed by atoms with Crippen LogP contribution in [0.5, 0.6) is 0 Å². The Morgan fingerprint density at radius 3 is 2.74 bits per heavy atom. The number of fused-ring (bicyclic) bond motifs is 1. The normalized spacial score (nSPS) is 14.2. The second kappa shape index (κ2) is 5.67. The predicted octanol–water partition coefficient (Wildman–Crippen LogP) is 2.44. The maximum absolute atomic E-state index is 13.4. The van der Waals surface area contributed by atoms with Crippen molar-refractivity contribution in [2.75, 3.05) is 24.7 Å². The zero-order chi connectivity index (χ0) is 14.0. The van der Waals surface area contributed by atoms with E-state index in [2.05, 4.69) is 0 Å². The average molecular weight is 286 g/mol. The summed E-state index contributed by atoms with van der Waals surface area (Å²) in [6.45, 7) is 3.07. The molecule has 1 aliphatic rings. The van der Waals surface area contributed by atoms with Gasteiger partial charge in [0.1, 0.15) is 5.82 Å². The van der Waals surface area contributed by atoms with Crippen molar-refractivity contribution in [3.05, 3.63) is 28.5 Å². The van der Waals surface area contributed by atoms with Crippen LogP contribution in [-0.2, 0) is 9.53 Å². The van der Waals surface area contributed by atoms with E-state index in [-0.39, 0.29) is 22.8 Å². The Kier molecular flexibility index (Phi) is 4.17. The van der Waals surface area contributed by atoms with Crippen molar-refractivity contribution in [1.29, 1.82) is 0 Å². The number of ketones is 1. The molecule has 0 saturated heterocycles. The molecule has 0 radical (unpaired) electrons. The van der Waals surface area contributed by atoms with Crippen LogP contribution in [0.3, 0.4) is 0 Å². The topological polar surface area (TPSA) is 46.6 Å². The first kappa shape index (κ1) is 14.0. The SMILES string of the molecule is CCCOCCN1C(=O)C(=O)c2cc(Cl)c(F)cc21. The van der Waals surface area contributed by atoms with Crippen LogP contribution in [0.2, 0.25) is 5.02 Å². The number of ether oxygens (including phenoxy) is 1. The van der Waals surface area contributed by atoms with E-state index >= 15 is 0 Å². The first-order valence-corrected chi connectivity index (χ1v) is 6.37. The summed E-state index contributed by atoms with van der Waals surface area (Å²) in [7, 11) is 0. The monoisotopic (exact) mass is 285 g/mol. The number of hydrogen-bond donors (Lipinski definition) is 0. The van der Waals surface area contributed by atoms with Crippen molar-refractivity contribution in [2.24, 2.45) is 0 Å². The van der Waals surface area contributed by atoms with Gasteiger partial charge in [0.2, 0.25) is 0 Å². The third-order valence-corrected chi connectivity index (χ3v) is 3.11. The lowest BCUT2D eigenvalue weighted by Gasteiger charge is -2.16. The Labute approximate surface area is 115 Å². The van der Waals surface area contributed by atoms with Crippen LogP contribution in [0.1, 0.15) is 23.7 Å². The van der Waals surface area contributed by atoms with Crippen LogP contribution in [0.4, 0.5) is 10.1 Å². The van der Waals surface area contributed by atoms with Gasteiger partial charge in [-0.1, -0.05) is 18.5 Å². The summed E-state index contributed by atoms with van der Waals surface area (Å²) < 4.78 is 18.7. The van der Waals surface area contributed by atoms with Gasteiger partial charge < -0.3 is 9.64 Å². The molecule has 0 spiro atoms. The second-order valence-corrected chi connectivity index (χ2v) is 4.59. The minimum atomic E-state index is -0.670. The molecule has 0 saturated carbocycles. The van der Waals surface area contributed by atoms with Gasteiger partial charge in [0.25, 0.3) is 11.7 Å². The zero-order valence-electron chi connectivity index (χ0n) is 10.4. The number of halogens is 2. The van der Waals surface area contributed by atoms with E-state index in [9.17, 15) is 14.0 Å². The van der Waals surface area contributed by atoms with Crippen molar-refractivity contribution >= 4 is 29.0 Å². The molecule has 1 amide bonds. The molecular weight excluding hydrogens is 273 g/mol. The first-order valence-electron chi connectivity index (χ1n) is 5.99. The maximum Gasteiger partial charge on any atom is 0.299 e. The number of Topliss-reactive ketones (excluding diaryl/α,β-unsaturated/α-hetero) is 1. The van der Waals surface area contributed by atoms with Gasteiger partial charge in [-0.15, -0.1) is 0 Å². The number of amides is 1. The minimum absolute atomic E-state index is 0.145. The Balaban J connectivity index is 2.21. The summed E-state index contributed by atoms with van der Waals surface area (Å²) >= 11 is 5.62. The summed E-state index contributed by atoms with van der Waals surface area (Å²) in [4.78, 5) is 24.8. The van der Waals surface area contributed by atoms with Gasteiger partial charge in [-0.05, 0) is 18.6 Å². The summed E-state index contributed by atoms with van der Waals surface area (Å²) in [6.07, 6.45) is 0.869. The molecule has 0 aliphatic carbocycles. The van der Waals surface area contributed by atoms with Crippen LogP contribution >= 0.6 is 11.6 Å². The van der Waals surface area contributed by atoms with E-state index in [0.29, 0.717) is 13.2 Å². The Morgan fingerprint density at radius 1 is 1.32 bits per heavy atom. The molecule has 102 valence electrons. The van der Waals surface area contributed by atoms with Crippen molar-refractivity contribution in [3.63, 3.8) is 0 Å². The molecule has 0 unspecified atom stereocenters. The molecule has 1 heterocycles. The highest BCUT2D eigenvalue weighted by molar-refractivity contribution is 6.52. The largest absolute Gasteiger partial charge is 0.380 e. The average Bonchev–Trinajstić information content (AvgIpc) is 2.60. The van der Waals surface area contributed by atoms with E-state index in [0.717, 1.165) is 12.5 Å².